The molecule has 0 saturated heterocycles. The largest absolute Gasteiger partial charge is 0.294 e. The number of nitrogens with zero attached hydrogens (tertiary/aromatic N) is 2. The molecular formula is C11H6ClF2IN2O. The van der Waals surface area contributed by atoms with Gasteiger partial charge in [0.2, 0.25) is 0 Å². The second-order valence-corrected chi connectivity index (χ2v) is 4.95. The van der Waals surface area contributed by atoms with E-state index in [9.17, 15) is 13.6 Å². The fourth-order valence-electron chi connectivity index (χ4n) is 1.39. The summed E-state index contributed by atoms with van der Waals surface area (Å²) in [5.74, 6) is -1.36. The van der Waals surface area contributed by atoms with E-state index in [1.165, 1.54) is 17.0 Å². The van der Waals surface area contributed by atoms with Gasteiger partial charge >= 0.3 is 0 Å². The first-order valence-electron chi connectivity index (χ1n) is 4.83. The van der Waals surface area contributed by atoms with Gasteiger partial charge in [0.05, 0.1) is 12.9 Å². The molecule has 0 fully saturated rings. The van der Waals surface area contributed by atoms with Crippen molar-refractivity contribution in [3.05, 3.63) is 60.8 Å². The lowest BCUT2D eigenvalue weighted by atomic mass is 10.2. The van der Waals surface area contributed by atoms with Crippen LogP contribution in [0.15, 0.2) is 29.3 Å². The minimum absolute atomic E-state index is 0.0227. The molecule has 1 heterocycles. The van der Waals surface area contributed by atoms with Crippen LogP contribution < -0.4 is 5.56 Å². The van der Waals surface area contributed by atoms with Crippen molar-refractivity contribution in [2.75, 3.05) is 0 Å². The third-order valence-corrected chi connectivity index (χ3v) is 3.87. The number of hydrogen-bond donors (Lipinski definition) is 0. The zero-order chi connectivity index (χ0) is 13.3. The van der Waals surface area contributed by atoms with Gasteiger partial charge < -0.3 is 0 Å². The van der Waals surface area contributed by atoms with Crippen LogP contribution in [0.1, 0.15) is 5.56 Å². The highest BCUT2D eigenvalue weighted by Gasteiger charge is 2.09. The second kappa shape index (κ2) is 5.31. The maximum Gasteiger partial charge on any atom is 0.268 e. The van der Waals surface area contributed by atoms with E-state index in [1.54, 1.807) is 22.6 Å². The van der Waals surface area contributed by atoms with Crippen LogP contribution in [-0.2, 0) is 6.54 Å². The van der Waals surface area contributed by atoms with Crippen LogP contribution in [0.5, 0.6) is 0 Å². The maximum absolute atomic E-state index is 13.4. The van der Waals surface area contributed by atoms with Gasteiger partial charge in [0.25, 0.3) is 5.56 Å². The standard InChI is InChI=1S/C11H6ClF2IN2O/c12-10-9(15)11(18)17(5-16-10)4-6-1-2-7(13)3-8(6)14/h1-3,5H,4H2. The van der Waals surface area contributed by atoms with Crippen LogP contribution in [0.2, 0.25) is 5.15 Å². The molecule has 7 heteroatoms. The van der Waals surface area contributed by atoms with Crippen molar-refractivity contribution >= 4 is 34.2 Å². The fraction of sp³-hybridized carbons (Fsp3) is 0.0909. The van der Waals surface area contributed by atoms with E-state index >= 15 is 0 Å². The normalized spacial score (nSPS) is 10.7. The van der Waals surface area contributed by atoms with Gasteiger partial charge in [-0.1, -0.05) is 17.7 Å². The van der Waals surface area contributed by atoms with Gasteiger partial charge in [0.15, 0.2) is 0 Å². The minimum Gasteiger partial charge on any atom is -0.294 e. The molecule has 3 nitrogen and oxygen atoms in total. The summed E-state index contributed by atoms with van der Waals surface area (Å²) in [7, 11) is 0. The summed E-state index contributed by atoms with van der Waals surface area (Å²) in [4.78, 5) is 15.6. The summed E-state index contributed by atoms with van der Waals surface area (Å²) in [5.41, 5.74) is -0.155. The minimum atomic E-state index is -0.702. The van der Waals surface area contributed by atoms with Crippen LogP contribution in [0.4, 0.5) is 8.78 Å². The van der Waals surface area contributed by atoms with Gasteiger partial charge in [0.1, 0.15) is 20.4 Å². The molecule has 0 N–H and O–H groups in total. The van der Waals surface area contributed by atoms with E-state index in [0.717, 1.165) is 12.1 Å². The fourth-order valence-corrected chi connectivity index (χ4v) is 1.96. The predicted molar refractivity (Wildman–Crippen MR) is 71.7 cm³/mol. The van der Waals surface area contributed by atoms with Crippen molar-refractivity contribution in [1.29, 1.82) is 0 Å². The summed E-state index contributed by atoms with van der Waals surface area (Å²) in [6.45, 7) is -0.0227. The lowest BCUT2D eigenvalue weighted by Crippen LogP contribution is -2.24. The second-order valence-electron chi connectivity index (χ2n) is 3.52. The molecule has 2 aromatic rings. The van der Waals surface area contributed by atoms with E-state index < -0.39 is 11.6 Å². The van der Waals surface area contributed by atoms with Crippen LogP contribution in [0.25, 0.3) is 0 Å². The Morgan fingerprint density at radius 2 is 2.11 bits per heavy atom. The number of benzene rings is 1. The van der Waals surface area contributed by atoms with Gasteiger partial charge in [-0.3, -0.25) is 9.36 Å². The van der Waals surface area contributed by atoms with E-state index in [1.807, 2.05) is 0 Å². The smallest absolute Gasteiger partial charge is 0.268 e. The maximum atomic E-state index is 13.4. The topological polar surface area (TPSA) is 34.9 Å². The Bertz CT molecular complexity index is 660. The summed E-state index contributed by atoms with van der Waals surface area (Å²) >= 11 is 7.46. The molecule has 0 atom stereocenters. The highest BCUT2D eigenvalue weighted by molar-refractivity contribution is 14.1. The van der Waals surface area contributed by atoms with Gasteiger partial charge in [0, 0.05) is 11.6 Å². The molecule has 1 aromatic carbocycles. The van der Waals surface area contributed by atoms with Gasteiger partial charge in [-0.15, -0.1) is 0 Å². The van der Waals surface area contributed by atoms with Crippen LogP contribution in [-0.4, -0.2) is 9.55 Å². The molecule has 0 amide bonds. The van der Waals surface area contributed by atoms with E-state index in [2.05, 4.69) is 4.98 Å². The lowest BCUT2D eigenvalue weighted by molar-refractivity contribution is 0.563. The molecule has 0 aliphatic rings. The van der Waals surface area contributed by atoms with Crippen molar-refractivity contribution in [3.63, 3.8) is 0 Å². The molecule has 0 aliphatic heterocycles. The number of halogens is 4. The van der Waals surface area contributed by atoms with Crippen molar-refractivity contribution in [3.8, 4) is 0 Å². The van der Waals surface area contributed by atoms with Crippen molar-refractivity contribution in [2.45, 2.75) is 6.54 Å². The summed E-state index contributed by atoms with van der Waals surface area (Å²) < 4.78 is 27.7. The average molecular weight is 383 g/mol. The van der Waals surface area contributed by atoms with E-state index in [4.69, 9.17) is 11.6 Å². The highest BCUT2D eigenvalue weighted by atomic mass is 127. The Morgan fingerprint density at radius 3 is 2.78 bits per heavy atom. The SMILES string of the molecule is O=c1c(I)c(Cl)ncn1Cc1ccc(F)cc1F. The van der Waals surface area contributed by atoms with E-state index in [0.29, 0.717) is 0 Å². The first kappa shape index (κ1) is 13.4. The Labute approximate surface area is 120 Å². The van der Waals surface area contributed by atoms with Crippen LogP contribution >= 0.6 is 34.2 Å². The predicted octanol–water partition coefficient (Wildman–Crippen LogP) is 2.83. The van der Waals surface area contributed by atoms with Crippen molar-refractivity contribution in [2.24, 2.45) is 0 Å². The van der Waals surface area contributed by atoms with Gasteiger partial charge in [-0.25, -0.2) is 13.8 Å². The molecule has 0 spiro atoms. The molecule has 0 saturated carbocycles. The Balaban J connectivity index is 2.41. The zero-order valence-electron chi connectivity index (χ0n) is 8.83. The van der Waals surface area contributed by atoms with Crippen molar-refractivity contribution < 1.29 is 8.78 Å². The monoisotopic (exact) mass is 382 g/mol. The van der Waals surface area contributed by atoms with Gasteiger partial charge in [-0.05, 0) is 28.7 Å². The quantitative estimate of drug-likeness (QED) is 0.591. The van der Waals surface area contributed by atoms with Gasteiger partial charge in [-0.2, -0.15) is 0 Å². The van der Waals surface area contributed by atoms with E-state index in [-0.39, 0.29) is 26.4 Å². The first-order valence-corrected chi connectivity index (χ1v) is 6.29. The molecule has 0 aliphatic carbocycles. The summed E-state index contributed by atoms with van der Waals surface area (Å²) in [5, 5.41) is 0.108. The molecular weight excluding hydrogens is 376 g/mol. The average Bonchev–Trinajstić information content (AvgIpc) is 2.33. The summed E-state index contributed by atoms with van der Waals surface area (Å²) in [6, 6.07) is 3.20. The molecule has 0 bridgehead atoms. The third-order valence-electron chi connectivity index (χ3n) is 2.30. The van der Waals surface area contributed by atoms with Crippen molar-refractivity contribution in [1.82, 2.24) is 9.55 Å². The highest BCUT2D eigenvalue weighted by Crippen LogP contribution is 2.12. The Kier molecular flexibility index (Phi) is 3.96. The summed E-state index contributed by atoms with van der Waals surface area (Å²) in [6.07, 6.45) is 1.23. The molecule has 18 heavy (non-hydrogen) atoms. The molecule has 94 valence electrons. The number of rotatable bonds is 2. The molecule has 2 rings (SSSR count). The Morgan fingerprint density at radius 1 is 1.39 bits per heavy atom. The molecule has 0 unspecified atom stereocenters. The van der Waals surface area contributed by atoms with Crippen LogP contribution in [0.3, 0.4) is 0 Å². The number of hydrogen-bond acceptors (Lipinski definition) is 2. The molecule has 1 aromatic heterocycles. The first-order chi connectivity index (χ1) is 8.49. The number of aromatic nitrogens is 2. The zero-order valence-corrected chi connectivity index (χ0v) is 11.7. The lowest BCUT2D eigenvalue weighted by Gasteiger charge is -2.07. The molecule has 0 radical (unpaired) electrons. The third kappa shape index (κ3) is 2.69. The Hall–Kier alpha value is -1.02. The van der Waals surface area contributed by atoms with Crippen LogP contribution in [0, 0.1) is 15.2 Å².